The molecule has 14 heteroatoms. The highest BCUT2D eigenvalue weighted by atomic mass is 32.1. The van der Waals surface area contributed by atoms with Crippen LogP contribution >= 0.6 is 11.3 Å². The largest absolute Gasteiger partial charge is 0.464 e. The molecule has 6 bridgehead atoms. The molecule has 13 nitrogen and oxygen atoms in total. The second-order valence-electron chi connectivity index (χ2n) is 18.8. The third kappa shape index (κ3) is 8.08. The van der Waals surface area contributed by atoms with E-state index in [4.69, 9.17) is 19.4 Å². The molecule has 3 aromatic heterocycles. The van der Waals surface area contributed by atoms with Crippen LogP contribution in [0.2, 0.25) is 0 Å². The molecular formula is C46H60N8O5S. The molecule has 2 N–H and O–H groups in total. The Balaban J connectivity index is 1.15. The number of pyridine rings is 1. The summed E-state index contributed by atoms with van der Waals surface area (Å²) >= 11 is 1.50. The standard InChI is InChI=1S/C46H60N8O5S/c1-7-53-39-11-10-29-18-33(39)35(42(53)34-19-30(22-47-41(34)27(2)3)52-14-13-51-15-16-58-24-31(51)23-52)21-46(5,6)26-59-45(57)36-9-8-12-54(50-36)44(56)37(20-40-48-38(29)25-60-40)49-43(55)32-17-28(32)4/h10-11,18-19,22,25,27-28,31-32,36-37,50H,7-9,12-17,20-21,23-24,26H2,1-6H3,(H,49,55)/t28-,31-,32-,36-,37-/m0/s1. The number of nitrogens with zero attached hydrogens (tertiary/aromatic N) is 6. The van der Waals surface area contributed by atoms with Crippen molar-refractivity contribution in [3.05, 3.63) is 52.1 Å². The first-order chi connectivity index (χ1) is 28.9. The van der Waals surface area contributed by atoms with Crippen LogP contribution in [0.15, 0.2) is 35.8 Å². The summed E-state index contributed by atoms with van der Waals surface area (Å²) in [5.74, 6) is -0.351. The summed E-state index contributed by atoms with van der Waals surface area (Å²) in [6.07, 6.45) is 4.97. The summed E-state index contributed by atoms with van der Waals surface area (Å²) in [6.45, 7) is 19.8. The van der Waals surface area contributed by atoms with Crippen molar-refractivity contribution in [2.75, 3.05) is 57.4 Å². The first-order valence-corrected chi connectivity index (χ1v) is 23.0. The van der Waals surface area contributed by atoms with Gasteiger partial charge in [0.2, 0.25) is 5.91 Å². The zero-order chi connectivity index (χ0) is 41.9. The molecule has 320 valence electrons. The number of benzene rings is 1. The number of hydrogen-bond donors (Lipinski definition) is 2. The van der Waals surface area contributed by atoms with Crippen molar-refractivity contribution < 1.29 is 23.9 Å². The van der Waals surface area contributed by atoms with Crippen molar-refractivity contribution in [3.63, 3.8) is 0 Å². The fourth-order valence-electron chi connectivity index (χ4n) is 9.74. The van der Waals surface area contributed by atoms with E-state index in [1.165, 1.54) is 21.9 Å². The van der Waals surface area contributed by atoms with Gasteiger partial charge in [-0.05, 0) is 68.2 Å². The predicted molar refractivity (Wildman–Crippen MR) is 234 cm³/mol. The Labute approximate surface area is 357 Å². The maximum Gasteiger partial charge on any atom is 0.324 e. The van der Waals surface area contributed by atoms with E-state index in [9.17, 15) is 14.4 Å². The van der Waals surface area contributed by atoms with Crippen molar-refractivity contribution in [3.8, 4) is 22.5 Å². The molecule has 5 atom stereocenters. The second-order valence-corrected chi connectivity index (χ2v) is 19.7. The van der Waals surface area contributed by atoms with Gasteiger partial charge in [0, 0.05) is 84.4 Å². The molecule has 1 saturated carbocycles. The van der Waals surface area contributed by atoms with E-state index in [1.807, 2.05) is 0 Å². The summed E-state index contributed by atoms with van der Waals surface area (Å²) < 4.78 is 14.5. The summed E-state index contributed by atoms with van der Waals surface area (Å²) in [5.41, 5.74) is 11.4. The number of aryl methyl sites for hydroxylation is 1. The van der Waals surface area contributed by atoms with E-state index in [0.717, 1.165) is 102 Å². The molecule has 9 rings (SSSR count). The first kappa shape index (κ1) is 41.0. The van der Waals surface area contributed by atoms with Crippen molar-refractivity contribution in [2.45, 2.75) is 104 Å². The lowest BCUT2D eigenvalue weighted by Gasteiger charge is -2.44. The van der Waals surface area contributed by atoms with Gasteiger partial charge in [-0.3, -0.25) is 29.3 Å². The molecule has 3 saturated heterocycles. The highest BCUT2D eigenvalue weighted by Crippen LogP contribution is 2.43. The number of piperazine rings is 1. The quantitative estimate of drug-likeness (QED) is 0.230. The van der Waals surface area contributed by atoms with Crippen LogP contribution in [0.4, 0.5) is 5.69 Å². The minimum absolute atomic E-state index is 0.0865. The van der Waals surface area contributed by atoms with Gasteiger partial charge < -0.3 is 24.3 Å². The average molecular weight is 837 g/mol. The smallest absolute Gasteiger partial charge is 0.324 e. The van der Waals surface area contributed by atoms with Gasteiger partial charge in [-0.15, -0.1) is 11.3 Å². The third-order valence-electron chi connectivity index (χ3n) is 13.3. The van der Waals surface area contributed by atoms with Crippen LogP contribution in [-0.4, -0.2) is 113 Å². The number of anilines is 1. The van der Waals surface area contributed by atoms with Crippen LogP contribution < -0.4 is 15.6 Å². The number of hydrazine groups is 1. The topological polar surface area (TPSA) is 134 Å². The van der Waals surface area contributed by atoms with Crippen molar-refractivity contribution in [2.24, 2.45) is 17.3 Å². The number of amides is 2. The van der Waals surface area contributed by atoms with Crippen LogP contribution in [0.3, 0.4) is 0 Å². The molecule has 2 amide bonds. The number of rotatable bonds is 6. The molecule has 5 aliphatic rings. The lowest BCUT2D eigenvalue weighted by atomic mass is 9.84. The van der Waals surface area contributed by atoms with Gasteiger partial charge >= 0.3 is 5.97 Å². The molecule has 4 aliphatic heterocycles. The maximum absolute atomic E-state index is 14.1. The zero-order valence-corrected chi connectivity index (χ0v) is 36.8. The van der Waals surface area contributed by atoms with E-state index >= 15 is 0 Å². The Morgan fingerprint density at radius 1 is 1.13 bits per heavy atom. The summed E-state index contributed by atoms with van der Waals surface area (Å²) in [7, 11) is 0. The molecule has 4 aromatic rings. The van der Waals surface area contributed by atoms with Crippen LogP contribution in [0.5, 0.6) is 0 Å². The molecule has 60 heavy (non-hydrogen) atoms. The number of carbonyl (C=O) groups excluding carboxylic acids is 3. The van der Waals surface area contributed by atoms with Gasteiger partial charge in [0.05, 0.1) is 59.8 Å². The number of morpholine rings is 1. The van der Waals surface area contributed by atoms with E-state index in [0.29, 0.717) is 37.8 Å². The number of fused-ring (bicyclic) bond motifs is 7. The average Bonchev–Trinajstić information content (AvgIpc) is 3.67. The van der Waals surface area contributed by atoms with Crippen molar-refractivity contribution >= 4 is 45.7 Å². The number of carbonyl (C=O) groups is 3. The molecule has 1 aliphatic carbocycles. The van der Waals surface area contributed by atoms with E-state index < -0.39 is 17.5 Å². The number of aromatic nitrogens is 3. The first-order valence-electron chi connectivity index (χ1n) is 22.1. The van der Waals surface area contributed by atoms with Gasteiger partial charge in [-0.2, -0.15) is 0 Å². The molecule has 4 fully saturated rings. The van der Waals surface area contributed by atoms with Crippen LogP contribution in [0, 0.1) is 17.3 Å². The van der Waals surface area contributed by atoms with Crippen LogP contribution in [-0.2, 0) is 43.2 Å². The van der Waals surface area contributed by atoms with Crippen LogP contribution in [0.1, 0.15) is 83.0 Å². The number of ether oxygens (including phenoxy) is 2. The number of cyclic esters (lactones) is 1. The summed E-state index contributed by atoms with van der Waals surface area (Å²) in [6, 6.07) is 7.86. The summed E-state index contributed by atoms with van der Waals surface area (Å²) in [4.78, 5) is 56.6. The van der Waals surface area contributed by atoms with Gasteiger partial charge in [0.15, 0.2) is 0 Å². The number of esters is 1. The SMILES string of the molecule is CCn1c(-c2cc(N3CCN4CCOC[C@@H]4C3)cnc2C(C)C)c2c3cc(ccc31)-c1csc(n1)C[C@H](NC(=O)[C@H]1C[C@@H]1C)C(=O)N1CCC[C@H](N1)C(=O)OCC(C)(C)C2. The Kier molecular flexibility index (Phi) is 11.3. The maximum atomic E-state index is 14.1. The van der Waals surface area contributed by atoms with Crippen LogP contribution in [0.25, 0.3) is 33.4 Å². The third-order valence-corrected chi connectivity index (χ3v) is 14.1. The predicted octanol–water partition coefficient (Wildman–Crippen LogP) is 5.80. The van der Waals surface area contributed by atoms with Gasteiger partial charge in [-0.1, -0.05) is 40.7 Å². The molecule has 0 unspecified atom stereocenters. The Hall–Kier alpha value is -4.37. The lowest BCUT2D eigenvalue weighted by molar-refractivity contribution is -0.155. The Morgan fingerprint density at radius 3 is 2.75 bits per heavy atom. The number of hydrogen-bond acceptors (Lipinski definition) is 11. The summed E-state index contributed by atoms with van der Waals surface area (Å²) in [5, 5.41) is 8.53. The minimum atomic E-state index is -0.820. The molecule has 0 radical (unpaired) electrons. The second kappa shape index (κ2) is 16.5. The molecular weight excluding hydrogens is 777 g/mol. The van der Waals surface area contributed by atoms with Gasteiger partial charge in [-0.25, -0.2) is 10.4 Å². The lowest BCUT2D eigenvalue weighted by Crippen LogP contribution is -2.60. The van der Waals surface area contributed by atoms with E-state index in [1.54, 1.807) is 0 Å². The normalized spacial score (nSPS) is 26.1. The van der Waals surface area contributed by atoms with Crippen molar-refractivity contribution in [1.29, 1.82) is 0 Å². The fraction of sp³-hybridized carbons (Fsp3) is 0.587. The van der Waals surface area contributed by atoms with Gasteiger partial charge in [0.25, 0.3) is 5.91 Å². The molecule has 7 heterocycles. The highest BCUT2D eigenvalue weighted by molar-refractivity contribution is 7.10. The van der Waals surface area contributed by atoms with E-state index in [2.05, 4.69) is 102 Å². The highest BCUT2D eigenvalue weighted by Gasteiger charge is 2.42. The molecule has 0 spiro atoms. The minimum Gasteiger partial charge on any atom is -0.464 e. The fourth-order valence-corrected chi connectivity index (χ4v) is 10.6. The molecule has 1 aromatic carbocycles. The number of thiazole rings is 1. The Bertz CT molecular complexity index is 2280. The van der Waals surface area contributed by atoms with E-state index in [-0.39, 0.29) is 42.6 Å². The van der Waals surface area contributed by atoms with Gasteiger partial charge in [0.1, 0.15) is 12.1 Å². The van der Waals surface area contributed by atoms with Crippen molar-refractivity contribution in [1.82, 2.24) is 35.2 Å². The monoisotopic (exact) mass is 836 g/mol. The Morgan fingerprint density at radius 2 is 1.97 bits per heavy atom. The number of nitrogens with one attached hydrogen (secondary N) is 2. The zero-order valence-electron chi connectivity index (χ0n) is 36.0.